The maximum atomic E-state index is 13.0. The van der Waals surface area contributed by atoms with Gasteiger partial charge in [-0.2, -0.15) is 0 Å². The molecule has 0 radical (unpaired) electrons. The highest BCUT2D eigenvalue weighted by atomic mass is 16.2. The van der Waals surface area contributed by atoms with Crippen molar-refractivity contribution in [2.24, 2.45) is 5.73 Å². The minimum atomic E-state index is -0.881. The normalized spacial score (nSPS) is 13.5. The monoisotopic (exact) mass is 393 g/mol. The van der Waals surface area contributed by atoms with Crippen molar-refractivity contribution in [1.29, 1.82) is 0 Å². The number of hydrogen-bond acceptors (Lipinski definition) is 3. The minimum Gasteiger partial charge on any atom is -0.368 e. The second-order valence-electron chi connectivity index (χ2n) is 7.42. The Bertz CT molecular complexity index is 1250. The fraction of sp³-hybridized carbons (Fsp3) is 0.0800. The smallest absolute Gasteiger partial charge is 0.253 e. The zero-order valence-corrected chi connectivity index (χ0v) is 16.1. The maximum absolute atomic E-state index is 13.0. The lowest BCUT2D eigenvalue weighted by atomic mass is 9.88. The Balaban J connectivity index is 1.53. The van der Waals surface area contributed by atoms with Crippen LogP contribution in [0.1, 0.15) is 27.4 Å². The molecule has 0 saturated heterocycles. The minimum absolute atomic E-state index is 0.340. The number of amides is 2. The number of primary amides is 1. The number of fused-ring (bicyclic) bond motifs is 4. The molecule has 0 saturated carbocycles. The van der Waals surface area contributed by atoms with Crippen LogP contribution >= 0.6 is 0 Å². The summed E-state index contributed by atoms with van der Waals surface area (Å²) < 4.78 is 0. The van der Waals surface area contributed by atoms with E-state index in [1.807, 2.05) is 72.8 Å². The number of nitrogens with two attached hydrogens (primary N) is 1. The van der Waals surface area contributed by atoms with Gasteiger partial charge in [-0.15, -0.1) is 0 Å². The van der Waals surface area contributed by atoms with E-state index in [0.29, 0.717) is 5.56 Å². The highest BCUT2D eigenvalue weighted by molar-refractivity contribution is 6.00. The molecule has 5 nitrogen and oxygen atoms in total. The summed E-state index contributed by atoms with van der Waals surface area (Å²) in [6, 6.07) is 24.3. The number of carbonyl (C=O) groups excluding carboxylic acids is 2. The van der Waals surface area contributed by atoms with Gasteiger partial charge in [-0.3, -0.25) is 14.6 Å². The standard InChI is InChI=1S/C25H19N3O2/c26-24(29)23(28-25(30)16-13-15-7-1-6-12-21(15)27-14-16)22-19-10-4-2-8-17(19)18-9-3-5-11-20(18)22/h1-14,22-23H,(H2,26,29)(H,28,30)/t23-/m0/s1. The number of pyridine rings is 1. The van der Waals surface area contributed by atoms with Crippen LogP contribution in [0.5, 0.6) is 0 Å². The first kappa shape index (κ1) is 18.1. The molecule has 1 heterocycles. The van der Waals surface area contributed by atoms with Gasteiger partial charge in [0.15, 0.2) is 0 Å². The molecular weight excluding hydrogens is 374 g/mol. The molecule has 3 aromatic carbocycles. The van der Waals surface area contributed by atoms with Crippen molar-refractivity contribution in [2.75, 3.05) is 0 Å². The van der Waals surface area contributed by atoms with Crippen molar-refractivity contribution in [3.8, 4) is 11.1 Å². The van der Waals surface area contributed by atoms with E-state index in [1.54, 1.807) is 6.07 Å². The van der Waals surface area contributed by atoms with Crippen LogP contribution in [0.25, 0.3) is 22.0 Å². The predicted molar refractivity (Wildman–Crippen MR) is 116 cm³/mol. The van der Waals surface area contributed by atoms with Crippen molar-refractivity contribution >= 4 is 22.7 Å². The predicted octanol–water partition coefficient (Wildman–Crippen LogP) is 3.63. The van der Waals surface area contributed by atoms with Crippen LogP contribution in [0.15, 0.2) is 85.1 Å². The highest BCUT2D eigenvalue weighted by Crippen LogP contribution is 2.46. The molecule has 5 rings (SSSR count). The summed E-state index contributed by atoms with van der Waals surface area (Å²) in [5, 5.41) is 3.73. The Hall–Kier alpha value is -3.99. The van der Waals surface area contributed by atoms with Crippen LogP contribution in [0.2, 0.25) is 0 Å². The fourth-order valence-corrected chi connectivity index (χ4v) is 4.29. The third-order valence-corrected chi connectivity index (χ3v) is 5.66. The summed E-state index contributed by atoms with van der Waals surface area (Å²) in [5.74, 6) is -1.29. The van der Waals surface area contributed by atoms with Gasteiger partial charge in [0.25, 0.3) is 5.91 Å². The van der Waals surface area contributed by atoms with Gasteiger partial charge in [0.1, 0.15) is 6.04 Å². The van der Waals surface area contributed by atoms with Crippen molar-refractivity contribution in [1.82, 2.24) is 10.3 Å². The molecule has 1 aromatic heterocycles. The van der Waals surface area contributed by atoms with Crippen molar-refractivity contribution in [3.05, 3.63) is 102 Å². The molecule has 0 aliphatic heterocycles. The van der Waals surface area contributed by atoms with Crippen molar-refractivity contribution in [3.63, 3.8) is 0 Å². The fourth-order valence-electron chi connectivity index (χ4n) is 4.29. The van der Waals surface area contributed by atoms with Crippen LogP contribution in [0.3, 0.4) is 0 Å². The Labute approximate surface area is 173 Å². The molecule has 2 amide bonds. The molecule has 0 bridgehead atoms. The molecule has 1 aliphatic rings. The topological polar surface area (TPSA) is 85.1 Å². The maximum Gasteiger partial charge on any atom is 0.253 e. The third-order valence-electron chi connectivity index (χ3n) is 5.66. The Kier molecular flexibility index (Phi) is 4.29. The van der Waals surface area contributed by atoms with Gasteiger partial charge < -0.3 is 11.1 Å². The second-order valence-corrected chi connectivity index (χ2v) is 7.42. The van der Waals surface area contributed by atoms with Crippen molar-refractivity contribution < 1.29 is 9.59 Å². The van der Waals surface area contributed by atoms with E-state index in [4.69, 9.17) is 5.73 Å². The average molecular weight is 393 g/mol. The lowest BCUT2D eigenvalue weighted by Crippen LogP contribution is -2.48. The summed E-state index contributed by atoms with van der Waals surface area (Å²) >= 11 is 0. The zero-order chi connectivity index (χ0) is 20.7. The largest absolute Gasteiger partial charge is 0.368 e. The molecule has 1 aliphatic carbocycles. The lowest BCUT2D eigenvalue weighted by molar-refractivity contribution is -0.120. The molecule has 0 fully saturated rings. The summed E-state index contributed by atoms with van der Waals surface area (Å²) in [6.07, 6.45) is 1.52. The van der Waals surface area contributed by atoms with Gasteiger partial charge in [-0.25, -0.2) is 0 Å². The molecule has 0 spiro atoms. The van der Waals surface area contributed by atoms with E-state index in [0.717, 1.165) is 33.2 Å². The SMILES string of the molecule is NC(=O)[C@@H](NC(=O)c1cnc2ccccc2c1)C1c2ccccc2-c2ccccc21. The first-order valence-corrected chi connectivity index (χ1v) is 9.76. The molecule has 5 heteroatoms. The van der Waals surface area contributed by atoms with Crippen LogP contribution in [0, 0.1) is 0 Å². The van der Waals surface area contributed by atoms with Crippen LogP contribution in [0.4, 0.5) is 0 Å². The van der Waals surface area contributed by atoms with E-state index in [9.17, 15) is 9.59 Å². The molecule has 30 heavy (non-hydrogen) atoms. The summed E-state index contributed by atoms with van der Waals surface area (Å²) in [6.45, 7) is 0. The van der Waals surface area contributed by atoms with Crippen LogP contribution in [-0.2, 0) is 4.79 Å². The molecule has 1 atom stereocenters. The van der Waals surface area contributed by atoms with Gasteiger partial charge in [0.05, 0.1) is 11.1 Å². The van der Waals surface area contributed by atoms with Crippen LogP contribution < -0.4 is 11.1 Å². The Morgan fingerprint density at radius 2 is 1.47 bits per heavy atom. The number of aromatic nitrogens is 1. The van der Waals surface area contributed by atoms with Gasteiger partial charge in [0.2, 0.25) is 5.91 Å². The van der Waals surface area contributed by atoms with Gasteiger partial charge in [-0.05, 0) is 34.4 Å². The highest BCUT2D eigenvalue weighted by Gasteiger charge is 2.38. The number of nitrogens with zero attached hydrogens (tertiary/aromatic N) is 1. The molecule has 146 valence electrons. The van der Waals surface area contributed by atoms with Crippen molar-refractivity contribution in [2.45, 2.75) is 12.0 Å². The molecule has 0 unspecified atom stereocenters. The van der Waals surface area contributed by atoms with Crippen LogP contribution in [-0.4, -0.2) is 22.8 Å². The molecule has 4 aromatic rings. The first-order chi connectivity index (χ1) is 14.6. The quantitative estimate of drug-likeness (QED) is 0.555. The van der Waals surface area contributed by atoms with E-state index >= 15 is 0 Å². The van der Waals surface area contributed by atoms with E-state index in [2.05, 4.69) is 10.3 Å². The van der Waals surface area contributed by atoms with Gasteiger partial charge in [0, 0.05) is 17.5 Å². The van der Waals surface area contributed by atoms with E-state index < -0.39 is 11.9 Å². The molecule has 3 N–H and O–H groups in total. The van der Waals surface area contributed by atoms with E-state index in [-0.39, 0.29) is 11.8 Å². The van der Waals surface area contributed by atoms with Gasteiger partial charge >= 0.3 is 0 Å². The first-order valence-electron chi connectivity index (χ1n) is 9.76. The Morgan fingerprint density at radius 3 is 2.13 bits per heavy atom. The number of hydrogen-bond donors (Lipinski definition) is 2. The zero-order valence-electron chi connectivity index (χ0n) is 16.1. The summed E-state index contributed by atoms with van der Waals surface area (Å²) in [5.41, 5.74) is 11.1. The van der Waals surface area contributed by atoms with Gasteiger partial charge in [-0.1, -0.05) is 66.7 Å². The summed E-state index contributed by atoms with van der Waals surface area (Å²) in [7, 11) is 0. The molecular formula is C25H19N3O2. The average Bonchev–Trinajstić information content (AvgIpc) is 3.11. The third kappa shape index (κ3) is 2.92. The second kappa shape index (κ2) is 7.12. The van der Waals surface area contributed by atoms with E-state index in [1.165, 1.54) is 6.20 Å². The lowest BCUT2D eigenvalue weighted by Gasteiger charge is -2.24. The Morgan fingerprint density at radius 1 is 0.867 bits per heavy atom. The number of carbonyl (C=O) groups is 2. The number of rotatable bonds is 4. The number of para-hydroxylation sites is 1. The number of benzene rings is 3. The summed E-state index contributed by atoms with van der Waals surface area (Å²) in [4.78, 5) is 29.8. The number of nitrogens with one attached hydrogen (secondary N) is 1.